The predicted molar refractivity (Wildman–Crippen MR) is 69.0 cm³/mol. The van der Waals surface area contributed by atoms with Gasteiger partial charge in [0.2, 0.25) is 0 Å². The monoisotopic (exact) mass is 265 g/mol. The number of hydrogen-bond donors (Lipinski definition) is 2. The van der Waals surface area contributed by atoms with Crippen molar-refractivity contribution in [3.63, 3.8) is 0 Å². The van der Waals surface area contributed by atoms with Crippen molar-refractivity contribution in [3.05, 3.63) is 22.2 Å². The van der Waals surface area contributed by atoms with Crippen LogP contribution >= 0.6 is 0 Å². The maximum absolute atomic E-state index is 11.1. The van der Waals surface area contributed by atoms with Crippen molar-refractivity contribution in [1.82, 2.24) is 5.32 Å². The zero-order valence-corrected chi connectivity index (χ0v) is 10.3. The number of rotatable bonds is 3. The molecule has 2 aliphatic heterocycles. The molecule has 0 radical (unpaired) electrons. The molecule has 2 N–H and O–H groups in total. The van der Waals surface area contributed by atoms with Gasteiger partial charge in [0.05, 0.1) is 11.0 Å². The minimum Gasteiger partial charge on any atom is -0.486 e. The number of fused-ring (bicyclic) bond motifs is 1. The maximum Gasteiger partial charge on any atom is 0.296 e. The van der Waals surface area contributed by atoms with Gasteiger partial charge in [0.15, 0.2) is 11.5 Å². The minimum absolute atomic E-state index is 0.0242. The Morgan fingerprint density at radius 1 is 1.32 bits per heavy atom. The second-order valence-corrected chi connectivity index (χ2v) is 4.60. The fourth-order valence-electron chi connectivity index (χ4n) is 2.34. The molecule has 0 bridgehead atoms. The summed E-state index contributed by atoms with van der Waals surface area (Å²) in [6.45, 7) is 2.63. The Kier molecular flexibility index (Phi) is 3.12. The van der Waals surface area contributed by atoms with Crippen molar-refractivity contribution >= 4 is 11.4 Å². The van der Waals surface area contributed by atoms with Gasteiger partial charge in [0, 0.05) is 18.7 Å². The number of nitrogens with zero attached hydrogens (tertiary/aromatic N) is 1. The number of nitrogens with one attached hydrogen (secondary N) is 2. The summed E-state index contributed by atoms with van der Waals surface area (Å²) in [5.74, 6) is 0.998. The van der Waals surface area contributed by atoms with E-state index >= 15 is 0 Å². The van der Waals surface area contributed by atoms with Crippen molar-refractivity contribution in [1.29, 1.82) is 0 Å². The van der Waals surface area contributed by atoms with Gasteiger partial charge >= 0.3 is 0 Å². The highest BCUT2D eigenvalue weighted by Gasteiger charge is 2.24. The van der Waals surface area contributed by atoms with E-state index in [1.54, 1.807) is 6.07 Å². The van der Waals surface area contributed by atoms with E-state index in [1.807, 2.05) is 0 Å². The van der Waals surface area contributed by atoms with Gasteiger partial charge in [0.25, 0.3) is 5.69 Å². The lowest BCUT2D eigenvalue weighted by atomic mass is 10.2. The summed E-state index contributed by atoms with van der Waals surface area (Å²) >= 11 is 0. The first-order valence-corrected chi connectivity index (χ1v) is 6.29. The van der Waals surface area contributed by atoms with E-state index in [0.29, 0.717) is 30.4 Å². The molecule has 1 aromatic rings. The molecule has 3 rings (SSSR count). The first kappa shape index (κ1) is 12.0. The van der Waals surface area contributed by atoms with Crippen LogP contribution in [0.3, 0.4) is 0 Å². The summed E-state index contributed by atoms with van der Waals surface area (Å²) in [5, 5.41) is 17.6. The normalized spacial score (nSPS) is 21.2. The van der Waals surface area contributed by atoms with Crippen molar-refractivity contribution in [2.45, 2.75) is 12.5 Å². The molecule has 7 nitrogen and oxygen atoms in total. The molecule has 1 atom stereocenters. The van der Waals surface area contributed by atoms with Crippen LogP contribution < -0.4 is 20.1 Å². The Hall–Kier alpha value is -2.02. The van der Waals surface area contributed by atoms with Gasteiger partial charge < -0.3 is 20.1 Å². The van der Waals surface area contributed by atoms with Crippen LogP contribution in [0, 0.1) is 10.1 Å². The van der Waals surface area contributed by atoms with Gasteiger partial charge in [-0.2, -0.15) is 0 Å². The van der Waals surface area contributed by atoms with Crippen LogP contribution in [-0.4, -0.2) is 37.3 Å². The van der Waals surface area contributed by atoms with Crippen LogP contribution in [-0.2, 0) is 0 Å². The van der Waals surface area contributed by atoms with E-state index in [1.165, 1.54) is 6.07 Å². The van der Waals surface area contributed by atoms with Gasteiger partial charge in [-0.25, -0.2) is 0 Å². The summed E-state index contributed by atoms with van der Waals surface area (Å²) in [6, 6.07) is 3.30. The highest BCUT2D eigenvalue weighted by molar-refractivity contribution is 5.69. The third kappa shape index (κ3) is 2.41. The number of anilines is 1. The molecular weight excluding hydrogens is 250 g/mol. The summed E-state index contributed by atoms with van der Waals surface area (Å²) in [6.07, 6.45) is 0.950. The largest absolute Gasteiger partial charge is 0.486 e. The first-order valence-electron chi connectivity index (χ1n) is 6.29. The van der Waals surface area contributed by atoms with Crippen LogP contribution in [0.25, 0.3) is 0 Å². The van der Waals surface area contributed by atoms with E-state index in [0.717, 1.165) is 19.5 Å². The SMILES string of the molecule is O=[N+]([O-])c1cc2c(cc1NC1CCNC1)OCCO2. The van der Waals surface area contributed by atoms with Crippen molar-refractivity contribution < 1.29 is 14.4 Å². The lowest BCUT2D eigenvalue weighted by Crippen LogP contribution is -2.23. The number of hydrogen-bond acceptors (Lipinski definition) is 6. The minimum atomic E-state index is -0.400. The van der Waals surface area contributed by atoms with Crippen LogP contribution in [0.5, 0.6) is 11.5 Å². The lowest BCUT2D eigenvalue weighted by Gasteiger charge is -2.20. The lowest BCUT2D eigenvalue weighted by molar-refractivity contribution is -0.384. The van der Waals surface area contributed by atoms with Crippen LogP contribution in [0.1, 0.15) is 6.42 Å². The molecule has 0 saturated carbocycles. The molecule has 0 aliphatic carbocycles. The molecule has 2 aliphatic rings. The summed E-state index contributed by atoms with van der Waals surface area (Å²) < 4.78 is 10.8. The molecule has 19 heavy (non-hydrogen) atoms. The third-order valence-electron chi connectivity index (χ3n) is 3.28. The topological polar surface area (TPSA) is 85.7 Å². The third-order valence-corrected chi connectivity index (χ3v) is 3.28. The smallest absolute Gasteiger partial charge is 0.296 e. The zero-order chi connectivity index (χ0) is 13.2. The Balaban J connectivity index is 1.93. The Morgan fingerprint density at radius 2 is 2.05 bits per heavy atom. The molecular formula is C12H15N3O4. The quantitative estimate of drug-likeness (QED) is 0.629. The molecule has 0 amide bonds. The molecule has 1 aromatic carbocycles. The molecule has 0 aromatic heterocycles. The van der Waals surface area contributed by atoms with Crippen molar-refractivity contribution in [3.8, 4) is 11.5 Å². The van der Waals surface area contributed by atoms with E-state index in [9.17, 15) is 10.1 Å². The molecule has 2 heterocycles. The zero-order valence-electron chi connectivity index (χ0n) is 10.3. The van der Waals surface area contributed by atoms with E-state index in [-0.39, 0.29) is 11.7 Å². The fourth-order valence-corrected chi connectivity index (χ4v) is 2.34. The average molecular weight is 265 g/mol. The number of benzene rings is 1. The van der Waals surface area contributed by atoms with E-state index in [2.05, 4.69) is 10.6 Å². The predicted octanol–water partition coefficient (Wildman–Crippen LogP) is 1.14. The van der Waals surface area contributed by atoms with Gasteiger partial charge in [-0.05, 0) is 13.0 Å². The van der Waals surface area contributed by atoms with E-state index < -0.39 is 4.92 Å². The molecule has 0 spiro atoms. The highest BCUT2D eigenvalue weighted by atomic mass is 16.6. The van der Waals surface area contributed by atoms with Gasteiger partial charge in [-0.3, -0.25) is 10.1 Å². The number of nitro groups is 1. The standard InChI is InChI=1S/C12H15N3O4/c16-15(17)10-6-12-11(18-3-4-19-12)5-9(10)14-8-1-2-13-7-8/h5-6,8,13-14H,1-4,7H2. The van der Waals surface area contributed by atoms with Gasteiger partial charge in [0.1, 0.15) is 18.9 Å². The van der Waals surface area contributed by atoms with Gasteiger partial charge in [-0.15, -0.1) is 0 Å². The molecule has 102 valence electrons. The van der Waals surface area contributed by atoms with Crippen LogP contribution in [0.2, 0.25) is 0 Å². The van der Waals surface area contributed by atoms with E-state index in [4.69, 9.17) is 9.47 Å². The average Bonchev–Trinajstić information content (AvgIpc) is 2.90. The summed E-state index contributed by atoms with van der Waals surface area (Å²) in [7, 11) is 0. The second-order valence-electron chi connectivity index (χ2n) is 4.60. The number of nitro benzene ring substituents is 1. The fraction of sp³-hybridized carbons (Fsp3) is 0.500. The Morgan fingerprint density at radius 3 is 2.68 bits per heavy atom. The molecule has 7 heteroatoms. The Labute approximate surface area is 110 Å². The second kappa shape index (κ2) is 4.93. The van der Waals surface area contributed by atoms with Crippen LogP contribution in [0.4, 0.5) is 11.4 Å². The maximum atomic E-state index is 11.1. The first-order chi connectivity index (χ1) is 9.24. The summed E-state index contributed by atoms with van der Waals surface area (Å²) in [4.78, 5) is 10.7. The summed E-state index contributed by atoms with van der Waals surface area (Å²) in [5.41, 5.74) is 0.513. The molecule has 1 fully saturated rings. The Bertz CT molecular complexity index is 500. The highest BCUT2D eigenvalue weighted by Crippen LogP contribution is 2.39. The van der Waals surface area contributed by atoms with Gasteiger partial charge in [-0.1, -0.05) is 0 Å². The van der Waals surface area contributed by atoms with Crippen molar-refractivity contribution in [2.24, 2.45) is 0 Å². The number of ether oxygens (including phenoxy) is 2. The molecule has 1 saturated heterocycles. The van der Waals surface area contributed by atoms with Crippen LogP contribution in [0.15, 0.2) is 12.1 Å². The van der Waals surface area contributed by atoms with Crippen molar-refractivity contribution in [2.75, 3.05) is 31.6 Å². The molecule has 1 unspecified atom stereocenters.